The Morgan fingerprint density at radius 2 is 2.14 bits per heavy atom. The van der Waals surface area contributed by atoms with Crippen molar-refractivity contribution >= 4 is 11.6 Å². The van der Waals surface area contributed by atoms with E-state index in [-0.39, 0.29) is 0 Å². The van der Waals surface area contributed by atoms with E-state index < -0.39 is 0 Å². The molecule has 0 radical (unpaired) electrons. The fraction of sp³-hybridized carbons (Fsp3) is 0.625. The van der Waals surface area contributed by atoms with Crippen molar-refractivity contribution in [3.63, 3.8) is 0 Å². The maximum atomic E-state index is 6.21. The fourth-order valence-corrected chi connectivity index (χ4v) is 3.08. The van der Waals surface area contributed by atoms with E-state index in [2.05, 4.69) is 12.2 Å². The van der Waals surface area contributed by atoms with Crippen molar-refractivity contribution in [2.24, 2.45) is 5.92 Å². The molecule has 1 aliphatic heterocycles. The van der Waals surface area contributed by atoms with Gasteiger partial charge in [-0.25, -0.2) is 0 Å². The van der Waals surface area contributed by atoms with Gasteiger partial charge in [-0.1, -0.05) is 11.6 Å². The van der Waals surface area contributed by atoms with E-state index in [4.69, 9.17) is 25.8 Å². The molecule has 2 rings (SSSR count). The molecule has 1 fully saturated rings. The Balaban J connectivity index is 1.89. The average molecular weight is 314 g/mol. The summed E-state index contributed by atoms with van der Waals surface area (Å²) < 4.78 is 16.1. The quantitative estimate of drug-likeness (QED) is 0.875. The molecule has 1 N–H and O–H groups in total. The number of methoxy groups -OCH3 is 2. The first-order valence-electron chi connectivity index (χ1n) is 7.36. The molecule has 1 saturated heterocycles. The van der Waals surface area contributed by atoms with E-state index in [0.29, 0.717) is 28.5 Å². The van der Waals surface area contributed by atoms with Gasteiger partial charge in [0.2, 0.25) is 0 Å². The van der Waals surface area contributed by atoms with Crippen molar-refractivity contribution in [2.45, 2.75) is 32.4 Å². The molecule has 1 aliphatic rings. The standard InChI is InChI=1S/C16H24ClNO3/c1-11-6-12(4-5-21-11)9-18-10-13-7-14(17)16(20-3)15(8-13)19-2/h7-8,11-12,18H,4-6,9-10H2,1-3H3. The minimum absolute atomic E-state index is 0.376. The third-order valence-electron chi connectivity index (χ3n) is 3.85. The van der Waals surface area contributed by atoms with Gasteiger partial charge in [-0.2, -0.15) is 0 Å². The first kappa shape index (κ1) is 16.4. The lowest BCUT2D eigenvalue weighted by atomic mass is 9.96. The molecule has 0 saturated carbocycles. The number of benzene rings is 1. The number of halogens is 1. The summed E-state index contributed by atoms with van der Waals surface area (Å²) in [5, 5.41) is 4.07. The first-order valence-corrected chi connectivity index (χ1v) is 7.74. The van der Waals surface area contributed by atoms with Gasteiger partial charge >= 0.3 is 0 Å². The predicted molar refractivity (Wildman–Crippen MR) is 84.4 cm³/mol. The first-order chi connectivity index (χ1) is 10.1. The monoisotopic (exact) mass is 313 g/mol. The highest BCUT2D eigenvalue weighted by Gasteiger charge is 2.19. The molecule has 2 unspecified atom stereocenters. The molecule has 5 heteroatoms. The van der Waals surface area contributed by atoms with Gasteiger partial charge in [-0.15, -0.1) is 0 Å². The molecule has 21 heavy (non-hydrogen) atoms. The van der Waals surface area contributed by atoms with Gasteiger partial charge in [0.1, 0.15) is 0 Å². The summed E-state index contributed by atoms with van der Waals surface area (Å²) in [6.07, 6.45) is 2.63. The van der Waals surface area contributed by atoms with Crippen LogP contribution in [-0.2, 0) is 11.3 Å². The maximum absolute atomic E-state index is 6.21. The summed E-state index contributed by atoms with van der Waals surface area (Å²) in [4.78, 5) is 0. The van der Waals surface area contributed by atoms with Gasteiger partial charge in [0.05, 0.1) is 25.3 Å². The second kappa shape index (κ2) is 7.87. The van der Waals surface area contributed by atoms with Crippen molar-refractivity contribution in [1.29, 1.82) is 0 Å². The maximum Gasteiger partial charge on any atom is 0.179 e. The highest BCUT2D eigenvalue weighted by Crippen LogP contribution is 2.36. The van der Waals surface area contributed by atoms with Gasteiger partial charge in [-0.05, 0) is 49.9 Å². The highest BCUT2D eigenvalue weighted by molar-refractivity contribution is 6.32. The van der Waals surface area contributed by atoms with Crippen LogP contribution in [-0.4, -0.2) is 33.5 Å². The van der Waals surface area contributed by atoms with Crippen LogP contribution >= 0.6 is 11.6 Å². The molecule has 0 bridgehead atoms. The smallest absolute Gasteiger partial charge is 0.179 e. The van der Waals surface area contributed by atoms with E-state index >= 15 is 0 Å². The Bertz CT molecular complexity index is 467. The van der Waals surface area contributed by atoms with Crippen LogP contribution in [0.5, 0.6) is 11.5 Å². The topological polar surface area (TPSA) is 39.7 Å². The van der Waals surface area contributed by atoms with Crippen molar-refractivity contribution in [3.05, 3.63) is 22.7 Å². The van der Waals surface area contributed by atoms with Crippen LogP contribution in [0.1, 0.15) is 25.3 Å². The Morgan fingerprint density at radius 1 is 1.33 bits per heavy atom. The van der Waals surface area contributed by atoms with Gasteiger partial charge < -0.3 is 19.5 Å². The zero-order valence-corrected chi connectivity index (χ0v) is 13.7. The zero-order valence-electron chi connectivity index (χ0n) is 12.9. The van der Waals surface area contributed by atoms with Gasteiger partial charge in [0.15, 0.2) is 11.5 Å². The summed E-state index contributed by atoms with van der Waals surface area (Å²) >= 11 is 6.21. The van der Waals surface area contributed by atoms with Crippen LogP contribution in [0.15, 0.2) is 12.1 Å². The van der Waals surface area contributed by atoms with Gasteiger partial charge in [0, 0.05) is 13.2 Å². The molecule has 0 aliphatic carbocycles. The second-order valence-corrected chi connectivity index (χ2v) is 5.92. The molecule has 0 aromatic heterocycles. The lowest BCUT2D eigenvalue weighted by Crippen LogP contribution is -2.30. The van der Waals surface area contributed by atoms with Gasteiger partial charge in [-0.3, -0.25) is 0 Å². The van der Waals surface area contributed by atoms with Crippen LogP contribution in [0.25, 0.3) is 0 Å². The summed E-state index contributed by atoms with van der Waals surface area (Å²) in [6, 6.07) is 3.88. The SMILES string of the molecule is COc1cc(CNCC2CCOC(C)C2)cc(Cl)c1OC. The predicted octanol–water partition coefficient (Wildman–Crippen LogP) is 3.26. The highest BCUT2D eigenvalue weighted by atomic mass is 35.5. The number of hydrogen-bond acceptors (Lipinski definition) is 4. The largest absolute Gasteiger partial charge is 0.493 e. The minimum atomic E-state index is 0.376. The molecule has 1 heterocycles. The third kappa shape index (κ3) is 4.50. The number of nitrogens with one attached hydrogen (secondary N) is 1. The Labute approximate surface area is 131 Å². The minimum Gasteiger partial charge on any atom is -0.493 e. The van der Waals surface area contributed by atoms with E-state index in [9.17, 15) is 0 Å². The average Bonchev–Trinajstić information content (AvgIpc) is 2.46. The van der Waals surface area contributed by atoms with Crippen LogP contribution in [0.3, 0.4) is 0 Å². The van der Waals surface area contributed by atoms with Crippen LogP contribution < -0.4 is 14.8 Å². The van der Waals surface area contributed by atoms with Crippen molar-refractivity contribution in [3.8, 4) is 11.5 Å². The molecule has 0 amide bonds. The van der Waals surface area contributed by atoms with Crippen molar-refractivity contribution in [2.75, 3.05) is 27.4 Å². The summed E-state index contributed by atoms with van der Waals surface area (Å²) in [5.74, 6) is 1.94. The molecule has 4 nitrogen and oxygen atoms in total. The van der Waals surface area contributed by atoms with Crippen molar-refractivity contribution in [1.82, 2.24) is 5.32 Å². The molecular weight excluding hydrogens is 290 g/mol. The Kier molecular flexibility index (Phi) is 6.15. The van der Waals surface area contributed by atoms with Gasteiger partial charge in [0.25, 0.3) is 0 Å². The number of ether oxygens (including phenoxy) is 3. The summed E-state index contributed by atoms with van der Waals surface area (Å²) in [7, 11) is 3.21. The van der Waals surface area contributed by atoms with E-state index in [0.717, 1.165) is 38.1 Å². The van der Waals surface area contributed by atoms with Crippen LogP contribution in [0, 0.1) is 5.92 Å². The molecular formula is C16H24ClNO3. The number of rotatable bonds is 6. The van der Waals surface area contributed by atoms with Crippen LogP contribution in [0.4, 0.5) is 0 Å². The molecule has 2 atom stereocenters. The lowest BCUT2D eigenvalue weighted by Gasteiger charge is -2.27. The lowest BCUT2D eigenvalue weighted by molar-refractivity contribution is 0.00289. The molecule has 118 valence electrons. The summed E-state index contributed by atoms with van der Waals surface area (Å²) in [5.41, 5.74) is 1.10. The summed E-state index contributed by atoms with van der Waals surface area (Å²) in [6.45, 7) is 4.78. The third-order valence-corrected chi connectivity index (χ3v) is 4.13. The zero-order chi connectivity index (χ0) is 15.2. The van der Waals surface area contributed by atoms with E-state index in [1.165, 1.54) is 0 Å². The molecule has 1 aromatic rings. The Morgan fingerprint density at radius 3 is 2.81 bits per heavy atom. The van der Waals surface area contributed by atoms with E-state index in [1.54, 1.807) is 14.2 Å². The van der Waals surface area contributed by atoms with Crippen molar-refractivity contribution < 1.29 is 14.2 Å². The Hall–Kier alpha value is -0.970. The van der Waals surface area contributed by atoms with E-state index in [1.807, 2.05) is 12.1 Å². The second-order valence-electron chi connectivity index (χ2n) is 5.52. The number of hydrogen-bond donors (Lipinski definition) is 1. The molecule has 1 aromatic carbocycles. The van der Waals surface area contributed by atoms with Crippen LogP contribution in [0.2, 0.25) is 5.02 Å². The molecule has 0 spiro atoms. The fourth-order valence-electron chi connectivity index (χ4n) is 2.77. The normalized spacial score (nSPS) is 22.1.